The number of hydrogen-bond acceptors (Lipinski definition) is 9. The Bertz CT molecular complexity index is 1520. The molecule has 4 aromatic heterocycles. The zero-order valence-electron chi connectivity index (χ0n) is 24.2. The van der Waals surface area contributed by atoms with Crippen LogP contribution in [0.25, 0.3) is 16.9 Å². The van der Waals surface area contributed by atoms with Crippen molar-refractivity contribution in [3.05, 3.63) is 60.0 Å². The Morgan fingerprint density at radius 1 is 1.02 bits per heavy atom. The van der Waals surface area contributed by atoms with E-state index in [-0.39, 0.29) is 11.3 Å². The highest BCUT2D eigenvalue weighted by Gasteiger charge is 2.26. The molecule has 6 rings (SSSR count). The molecule has 1 N–H and O–H groups in total. The molecule has 214 valence electrons. The molecule has 0 spiro atoms. The minimum absolute atomic E-state index is 0.210. The number of amides is 1. The highest BCUT2D eigenvalue weighted by Crippen LogP contribution is 2.28. The Morgan fingerprint density at radius 3 is 2.54 bits per heavy atom. The molecule has 4 aromatic rings. The lowest BCUT2D eigenvalue weighted by Crippen LogP contribution is -2.49. The van der Waals surface area contributed by atoms with Gasteiger partial charge in [-0.3, -0.25) is 19.7 Å². The van der Waals surface area contributed by atoms with Crippen LogP contribution >= 0.6 is 0 Å². The lowest BCUT2D eigenvalue weighted by molar-refractivity contribution is 0.102. The average molecular weight is 556 g/mol. The van der Waals surface area contributed by atoms with Crippen LogP contribution in [0.5, 0.6) is 0 Å². The second-order valence-corrected chi connectivity index (χ2v) is 12.1. The maximum absolute atomic E-state index is 13.0. The van der Waals surface area contributed by atoms with E-state index in [4.69, 9.17) is 4.52 Å². The van der Waals surface area contributed by atoms with E-state index in [1.807, 2.05) is 46.3 Å². The van der Waals surface area contributed by atoms with E-state index in [0.717, 1.165) is 49.2 Å². The Balaban J connectivity index is 1.16. The maximum Gasteiger partial charge on any atom is 0.258 e. The van der Waals surface area contributed by atoms with Gasteiger partial charge in [-0.25, -0.2) is 4.68 Å². The molecule has 0 unspecified atom stereocenters. The standard InChI is InChI=1S/C30H37N9O2/c1-20-26(14-22(17-32-20)29(40)33-28-15-27(41-35-28)30(2,3)4)39-19-25(34-36-39)21-13-24(18-31-16-21)38-11-9-37(10-12-38)23-7-5-6-8-23/h13-19,23H,5-12H2,1-4H3,(H,33,35,40). The van der Waals surface area contributed by atoms with E-state index < -0.39 is 0 Å². The summed E-state index contributed by atoms with van der Waals surface area (Å²) in [6.45, 7) is 12.1. The summed E-state index contributed by atoms with van der Waals surface area (Å²) in [4.78, 5) is 27.0. The zero-order valence-corrected chi connectivity index (χ0v) is 24.2. The molecule has 5 heterocycles. The monoisotopic (exact) mass is 555 g/mol. The third-order valence-corrected chi connectivity index (χ3v) is 8.09. The van der Waals surface area contributed by atoms with Gasteiger partial charge < -0.3 is 14.7 Å². The smallest absolute Gasteiger partial charge is 0.258 e. The molecule has 0 aromatic carbocycles. The first kappa shape index (κ1) is 27.1. The first-order valence-corrected chi connectivity index (χ1v) is 14.4. The Morgan fingerprint density at radius 2 is 1.80 bits per heavy atom. The van der Waals surface area contributed by atoms with Gasteiger partial charge in [0, 0.05) is 61.7 Å². The van der Waals surface area contributed by atoms with E-state index in [0.29, 0.717) is 28.5 Å². The topological polar surface area (TPSA) is 118 Å². The van der Waals surface area contributed by atoms with Gasteiger partial charge in [0.2, 0.25) is 0 Å². The number of anilines is 2. The number of nitrogens with one attached hydrogen (secondary N) is 1. The van der Waals surface area contributed by atoms with Gasteiger partial charge in [-0.15, -0.1) is 5.10 Å². The van der Waals surface area contributed by atoms with E-state index >= 15 is 0 Å². The molecule has 1 aliphatic heterocycles. The number of aryl methyl sites for hydroxylation is 1. The van der Waals surface area contributed by atoms with Crippen molar-refractivity contribution in [3.8, 4) is 16.9 Å². The summed E-state index contributed by atoms with van der Waals surface area (Å²) in [7, 11) is 0. The average Bonchev–Trinajstić information content (AvgIpc) is 3.76. The van der Waals surface area contributed by atoms with Crippen molar-refractivity contribution in [3.63, 3.8) is 0 Å². The van der Waals surface area contributed by atoms with Crippen molar-refractivity contribution in [1.82, 2.24) is 35.0 Å². The van der Waals surface area contributed by atoms with Crippen molar-refractivity contribution < 1.29 is 9.32 Å². The van der Waals surface area contributed by atoms with Gasteiger partial charge in [0.05, 0.1) is 35.0 Å². The van der Waals surface area contributed by atoms with Gasteiger partial charge in [-0.1, -0.05) is 44.0 Å². The minimum atomic E-state index is -0.335. The first-order valence-electron chi connectivity index (χ1n) is 14.4. The second kappa shape index (κ2) is 11.0. The van der Waals surface area contributed by atoms with Crippen LogP contribution in [0.1, 0.15) is 68.3 Å². The number of piperazine rings is 1. The predicted molar refractivity (Wildman–Crippen MR) is 156 cm³/mol. The van der Waals surface area contributed by atoms with Gasteiger partial charge in [-0.05, 0) is 31.9 Å². The van der Waals surface area contributed by atoms with Crippen LogP contribution in [0.15, 0.2) is 47.5 Å². The van der Waals surface area contributed by atoms with Crippen molar-refractivity contribution in [2.45, 2.75) is 64.8 Å². The summed E-state index contributed by atoms with van der Waals surface area (Å²) in [5.74, 6) is 0.714. The highest BCUT2D eigenvalue weighted by atomic mass is 16.5. The fraction of sp³-hybridized carbons (Fsp3) is 0.467. The molecule has 0 bridgehead atoms. The molecule has 11 nitrogen and oxygen atoms in total. The molecular formula is C30H37N9O2. The normalized spacial score (nSPS) is 16.8. The number of aromatic nitrogens is 6. The molecule has 0 atom stereocenters. The first-order chi connectivity index (χ1) is 19.7. The van der Waals surface area contributed by atoms with Crippen LogP contribution in [-0.4, -0.2) is 73.1 Å². The number of hydrogen-bond donors (Lipinski definition) is 1. The molecule has 1 aliphatic carbocycles. The molecule has 2 fully saturated rings. The number of pyridine rings is 2. The molecule has 2 aliphatic rings. The molecule has 0 radical (unpaired) electrons. The highest BCUT2D eigenvalue weighted by molar-refractivity contribution is 6.03. The summed E-state index contributed by atoms with van der Waals surface area (Å²) in [6, 6.07) is 6.38. The summed E-state index contributed by atoms with van der Waals surface area (Å²) >= 11 is 0. The molecule has 1 amide bonds. The predicted octanol–water partition coefficient (Wildman–Crippen LogP) is 4.64. The van der Waals surface area contributed by atoms with Gasteiger partial charge in [0.15, 0.2) is 5.82 Å². The summed E-state index contributed by atoms with van der Waals surface area (Å²) in [5.41, 5.74) is 4.26. The van der Waals surface area contributed by atoms with Crippen LogP contribution in [0.2, 0.25) is 0 Å². The van der Waals surface area contributed by atoms with Crippen LogP contribution in [0.4, 0.5) is 11.5 Å². The van der Waals surface area contributed by atoms with Crippen LogP contribution < -0.4 is 10.2 Å². The third-order valence-electron chi connectivity index (χ3n) is 8.09. The quantitative estimate of drug-likeness (QED) is 0.363. The van der Waals surface area contributed by atoms with Crippen LogP contribution in [0.3, 0.4) is 0 Å². The number of nitrogens with zero attached hydrogens (tertiary/aromatic N) is 8. The van der Waals surface area contributed by atoms with E-state index in [9.17, 15) is 4.79 Å². The van der Waals surface area contributed by atoms with Gasteiger partial charge in [0.25, 0.3) is 5.91 Å². The van der Waals surface area contributed by atoms with Crippen LogP contribution in [-0.2, 0) is 5.41 Å². The van der Waals surface area contributed by atoms with E-state index in [1.165, 1.54) is 31.9 Å². The van der Waals surface area contributed by atoms with Crippen molar-refractivity contribution in [1.29, 1.82) is 0 Å². The summed E-state index contributed by atoms with van der Waals surface area (Å²) < 4.78 is 7.03. The van der Waals surface area contributed by atoms with Crippen molar-refractivity contribution >= 4 is 17.4 Å². The third kappa shape index (κ3) is 5.85. The molecule has 1 saturated carbocycles. The molecule has 41 heavy (non-hydrogen) atoms. The lowest BCUT2D eigenvalue weighted by atomic mass is 9.93. The van der Waals surface area contributed by atoms with Gasteiger partial charge >= 0.3 is 0 Å². The largest absolute Gasteiger partial charge is 0.368 e. The van der Waals surface area contributed by atoms with Crippen molar-refractivity contribution in [2.24, 2.45) is 0 Å². The summed E-state index contributed by atoms with van der Waals surface area (Å²) in [5, 5.41) is 15.5. The Kier molecular flexibility index (Phi) is 7.29. The Hall–Kier alpha value is -4.12. The van der Waals surface area contributed by atoms with Crippen molar-refractivity contribution in [2.75, 3.05) is 36.4 Å². The van der Waals surface area contributed by atoms with E-state index in [2.05, 4.69) is 46.6 Å². The second-order valence-electron chi connectivity index (χ2n) is 12.1. The number of carbonyl (C=O) groups is 1. The van der Waals surface area contributed by atoms with Gasteiger partial charge in [0.1, 0.15) is 11.5 Å². The molecule has 1 saturated heterocycles. The summed E-state index contributed by atoms with van der Waals surface area (Å²) in [6.07, 6.45) is 12.5. The maximum atomic E-state index is 13.0. The van der Waals surface area contributed by atoms with Crippen LogP contribution in [0, 0.1) is 6.92 Å². The fourth-order valence-electron chi connectivity index (χ4n) is 5.62. The molecule has 11 heteroatoms. The molecular weight excluding hydrogens is 518 g/mol. The number of rotatable bonds is 6. The van der Waals surface area contributed by atoms with Gasteiger partial charge in [-0.2, -0.15) is 0 Å². The minimum Gasteiger partial charge on any atom is -0.368 e. The number of carbonyl (C=O) groups excluding carboxylic acids is 1. The Labute approximate surface area is 239 Å². The fourth-order valence-corrected chi connectivity index (χ4v) is 5.62. The lowest BCUT2D eigenvalue weighted by Gasteiger charge is -2.39. The zero-order chi connectivity index (χ0) is 28.6. The van der Waals surface area contributed by atoms with E-state index in [1.54, 1.807) is 16.8 Å². The SMILES string of the molecule is Cc1ncc(C(=O)Nc2cc(C(C)(C)C)on2)cc1-n1cc(-c2cncc(N3CCN(C4CCCC4)CC3)c2)nn1.